The molecule has 6 nitrogen and oxygen atoms in total. The van der Waals surface area contributed by atoms with E-state index in [1.54, 1.807) is 14.2 Å². The second kappa shape index (κ2) is 7.15. The highest BCUT2D eigenvalue weighted by atomic mass is 16.5. The summed E-state index contributed by atoms with van der Waals surface area (Å²) < 4.78 is 15.8. The van der Waals surface area contributed by atoms with Crippen LogP contribution in [0.5, 0.6) is 0 Å². The first-order chi connectivity index (χ1) is 9.74. The quantitative estimate of drug-likeness (QED) is 0.727. The van der Waals surface area contributed by atoms with Crippen LogP contribution in [0.1, 0.15) is 44.3 Å². The molecule has 0 spiro atoms. The van der Waals surface area contributed by atoms with Gasteiger partial charge in [0.1, 0.15) is 6.61 Å². The highest BCUT2D eigenvalue weighted by molar-refractivity contribution is 4.97. The average molecular weight is 283 g/mol. The van der Waals surface area contributed by atoms with E-state index in [1.807, 2.05) is 0 Å². The molecule has 114 valence electrons. The van der Waals surface area contributed by atoms with Crippen LogP contribution in [0.15, 0.2) is 4.52 Å². The predicted molar refractivity (Wildman–Crippen MR) is 74.2 cm³/mol. The van der Waals surface area contributed by atoms with Gasteiger partial charge in [0.05, 0.1) is 13.2 Å². The summed E-state index contributed by atoms with van der Waals surface area (Å²) >= 11 is 0. The smallest absolute Gasteiger partial charge is 0.240 e. The Morgan fingerprint density at radius 1 is 1.35 bits per heavy atom. The van der Waals surface area contributed by atoms with E-state index in [0.717, 1.165) is 26.0 Å². The van der Waals surface area contributed by atoms with Crippen molar-refractivity contribution in [1.82, 2.24) is 15.0 Å². The van der Waals surface area contributed by atoms with E-state index in [1.165, 1.54) is 12.8 Å². The Kier molecular flexibility index (Phi) is 5.51. The minimum absolute atomic E-state index is 0.124. The lowest BCUT2D eigenvalue weighted by molar-refractivity contribution is 0.0212. The van der Waals surface area contributed by atoms with Crippen molar-refractivity contribution in [3.8, 4) is 0 Å². The summed E-state index contributed by atoms with van der Waals surface area (Å²) in [7, 11) is 3.40. The Balaban J connectivity index is 2.05. The summed E-state index contributed by atoms with van der Waals surface area (Å²) in [5.41, 5.74) is 0.124. The minimum atomic E-state index is 0.124. The molecule has 1 aliphatic rings. The number of hydrogen-bond donors (Lipinski definition) is 0. The second-order valence-corrected chi connectivity index (χ2v) is 5.47. The highest BCUT2D eigenvalue weighted by Gasteiger charge is 2.40. The Morgan fingerprint density at radius 2 is 2.20 bits per heavy atom. The molecule has 0 aliphatic carbocycles. The number of methoxy groups -OCH3 is 2. The van der Waals surface area contributed by atoms with E-state index in [9.17, 15) is 0 Å². The summed E-state index contributed by atoms with van der Waals surface area (Å²) in [5, 5.41) is 3.92. The zero-order valence-electron chi connectivity index (χ0n) is 12.7. The normalized spacial score (nSPS) is 23.6. The van der Waals surface area contributed by atoms with Gasteiger partial charge in [0.2, 0.25) is 5.89 Å². The molecule has 0 aromatic carbocycles. The van der Waals surface area contributed by atoms with Gasteiger partial charge >= 0.3 is 0 Å². The van der Waals surface area contributed by atoms with E-state index in [0.29, 0.717) is 24.9 Å². The van der Waals surface area contributed by atoms with Gasteiger partial charge in [0.15, 0.2) is 5.82 Å². The molecule has 1 saturated heterocycles. The molecule has 2 rings (SSSR count). The first kappa shape index (κ1) is 15.4. The molecule has 0 bridgehead atoms. The van der Waals surface area contributed by atoms with Gasteiger partial charge in [-0.2, -0.15) is 4.98 Å². The lowest BCUT2D eigenvalue weighted by Crippen LogP contribution is -2.47. The van der Waals surface area contributed by atoms with Crippen molar-refractivity contribution in [3.63, 3.8) is 0 Å². The zero-order valence-corrected chi connectivity index (χ0v) is 12.7. The van der Waals surface area contributed by atoms with Crippen LogP contribution in [-0.4, -0.2) is 48.0 Å². The SMILES string of the molecule is CCCC1(COC)CCCN1Cc1nc(COC)no1. The maximum atomic E-state index is 5.47. The van der Waals surface area contributed by atoms with Crippen molar-refractivity contribution in [3.05, 3.63) is 11.7 Å². The molecule has 0 saturated carbocycles. The Bertz CT molecular complexity index is 402. The number of aromatic nitrogens is 2. The maximum Gasteiger partial charge on any atom is 0.240 e. The largest absolute Gasteiger partial charge is 0.383 e. The summed E-state index contributed by atoms with van der Waals surface area (Å²) in [4.78, 5) is 6.80. The first-order valence-corrected chi connectivity index (χ1v) is 7.28. The van der Waals surface area contributed by atoms with E-state index in [2.05, 4.69) is 22.0 Å². The van der Waals surface area contributed by atoms with Gasteiger partial charge in [0.25, 0.3) is 0 Å². The predicted octanol–water partition coefficient (Wildman–Crippen LogP) is 2.00. The molecule has 1 atom stereocenters. The number of likely N-dealkylation sites (tertiary alicyclic amines) is 1. The molecule has 20 heavy (non-hydrogen) atoms. The summed E-state index contributed by atoms with van der Waals surface area (Å²) in [5.74, 6) is 1.27. The number of nitrogens with zero attached hydrogens (tertiary/aromatic N) is 3. The molecule has 0 amide bonds. The Labute approximate surface area is 120 Å². The molecule has 1 aromatic heterocycles. The molecule has 1 unspecified atom stereocenters. The van der Waals surface area contributed by atoms with Crippen molar-refractivity contribution in [2.75, 3.05) is 27.4 Å². The average Bonchev–Trinajstić information content (AvgIpc) is 3.00. The standard InChI is InChI=1S/C14H25N3O3/c1-4-6-14(11-19-3)7-5-8-17(14)9-13-15-12(10-18-2)16-20-13/h4-11H2,1-3H3. The fourth-order valence-corrected chi connectivity index (χ4v) is 3.20. The van der Waals surface area contributed by atoms with E-state index >= 15 is 0 Å². The lowest BCUT2D eigenvalue weighted by atomic mass is 9.91. The van der Waals surface area contributed by atoms with Crippen LogP contribution in [0.25, 0.3) is 0 Å². The molecule has 0 radical (unpaired) electrons. The van der Waals surface area contributed by atoms with E-state index < -0.39 is 0 Å². The first-order valence-electron chi connectivity index (χ1n) is 7.28. The van der Waals surface area contributed by atoms with Crippen molar-refractivity contribution in [1.29, 1.82) is 0 Å². The van der Waals surface area contributed by atoms with Gasteiger partial charge in [-0.1, -0.05) is 18.5 Å². The molecule has 1 fully saturated rings. The third-order valence-corrected chi connectivity index (χ3v) is 3.98. The fraction of sp³-hybridized carbons (Fsp3) is 0.857. The third kappa shape index (κ3) is 3.37. The van der Waals surface area contributed by atoms with Crippen molar-refractivity contribution >= 4 is 0 Å². The summed E-state index contributed by atoms with van der Waals surface area (Å²) in [6.07, 6.45) is 4.66. The highest BCUT2D eigenvalue weighted by Crippen LogP contribution is 2.34. The van der Waals surface area contributed by atoms with Crippen LogP contribution in [0, 0.1) is 0 Å². The van der Waals surface area contributed by atoms with Gasteiger partial charge in [-0.25, -0.2) is 0 Å². The molecule has 1 aliphatic heterocycles. The van der Waals surface area contributed by atoms with Crippen LogP contribution in [0.4, 0.5) is 0 Å². The van der Waals surface area contributed by atoms with Gasteiger partial charge in [-0.05, 0) is 25.8 Å². The number of ether oxygens (including phenoxy) is 2. The maximum absolute atomic E-state index is 5.47. The van der Waals surface area contributed by atoms with Crippen molar-refractivity contribution in [2.45, 2.75) is 51.3 Å². The van der Waals surface area contributed by atoms with Gasteiger partial charge in [0, 0.05) is 19.8 Å². The van der Waals surface area contributed by atoms with Gasteiger partial charge in [-0.15, -0.1) is 0 Å². The monoisotopic (exact) mass is 283 g/mol. The molecule has 0 N–H and O–H groups in total. The van der Waals surface area contributed by atoms with Gasteiger partial charge in [-0.3, -0.25) is 4.90 Å². The molecular formula is C14H25N3O3. The van der Waals surface area contributed by atoms with Crippen LogP contribution < -0.4 is 0 Å². The topological polar surface area (TPSA) is 60.6 Å². The van der Waals surface area contributed by atoms with Crippen LogP contribution in [0.2, 0.25) is 0 Å². The molecule has 6 heteroatoms. The number of rotatable bonds is 8. The van der Waals surface area contributed by atoms with Crippen molar-refractivity contribution in [2.24, 2.45) is 0 Å². The van der Waals surface area contributed by atoms with Crippen LogP contribution in [-0.2, 0) is 22.6 Å². The van der Waals surface area contributed by atoms with Crippen molar-refractivity contribution < 1.29 is 14.0 Å². The molecule has 1 aromatic rings. The van der Waals surface area contributed by atoms with E-state index in [4.69, 9.17) is 14.0 Å². The summed E-state index contributed by atoms with van der Waals surface area (Å²) in [6.45, 7) is 5.13. The lowest BCUT2D eigenvalue weighted by Gasteiger charge is -2.37. The third-order valence-electron chi connectivity index (χ3n) is 3.98. The van der Waals surface area contributed by atoms with E-state index in [-0.39, 0.29) is 5.54 Å². The fourth-order valence-electron chi connectivity index (χ4n) is 3.20. The number of hydrogen-bond acceptors (Lipinski definition) is 6. The summed E-state index contributed by atoms with van der Waals surface area (Å²) in [6, 6.07) is 0. The Hall–Kier alpha value is -0.980. The minimum Gasteiger partial charge on any atom is -0.383 e. The van der Waals surface area contributed by atoms with Crippen LogP contribution in [0.3, 0.4) is 0 Å². The molecular weight excluding hydrogens is 258 g/mol. The van der Waals surface area contributed by atoms with Crippen LogP contribution >= 0.6 is 0 Å². The molecule has 2 heterocycles. The Morgan fingerprint density at radius 3 is 2.90 bits per heavy atom. The van der Waals surface area contributed by atoms with Gasteiger partial charge < -0.3 is 14.0 Å². The zero-order chi connectivity index (χ0) is 14.4. The second-order valence-electron chi connectivity index (χ2n) is 5.47.